The summed E-state index contributed by atoms with van der Waals surface area (Å²) in [6.45, 7) is 0.390. The minimum absolute atomic E-state index is 0.237. The van der Waals surface area contributed by atoms with Crippen LogP contribution in [0.1, 0.15) is 21.5 Å². The van der Waals surface area contributed by atoms with Gasteiger partial charge in [0.15, 0.2) is 4.32 Å². The molecule has 0 spiro atoms. The van der Waals surface area contributed by atoms with Gasteiger partial charge in [-0.15, -0.1) is 0 Å². The second-order valence-corrected chi connectivity index (χ2v) is 10.5. The average Bonchev–Trinajstić information content (AvgIpc) is 3.07. The van der Waals surface area contributed by atoms with Crippen molar-refractivity contribution in [2.45, 2.75) is 6.61 Å². The number of carbonyl (C=O) groups is 2. The zero-order chi connectivity index (χ0) is 24.2. The number of carbonyl (C=O) groups excluding carboxylic acids is 2. The summed E-state index contributed by atoms with van der Waals surface area (Å²) in [7, 11) is 0. The molecule has 2 amide bonds. The van der Waals surface area contributed by atoms with Gasteiger partial charge in [-0.25, -0.2) is 0 Å². The number of nitrogens with zero attached hydrogens (tertiary/aromatic N) is 1. The van der Waals surface area contributed by atoms with Crippen LogP contribution in [-0.2, 0) is 11.4 Å². The third kappa shape index (κ3) is 6.00. The van der Waals surface area contributed by atoms with Crippen molar-refractivity contribution < 1.29 is 14.3 Å². The maximum absolute atomic E-state index is 12.8. The number of thiocarbonyl (C=S) groups is 1. The summed E-state index contributed by atoms with van der Waals surface area (Å²) in [6.07, 6.45) is 1.71. The van der Waals surface area contributed by atoms with Gasteiger partial charge in [-0.3, -0.25) is 15.0 Å². The molecule has 1 heterocycles. The molecule has 0 atom stereocenters. The van der Waals surface area contributed by atoms with E-state index < -0.39 is 11.8 Å². The number of hydrazine groups is 1. The second kappa shape index (κ2) is 10.9. The van der Waals surface area contributed by atoms with E-state index in [1.54, 1.807) is 30.3 Å². The topological polar surface area (TPSA) is 58.6 Å². The third-order valence-corrected chi connectivity index (χ3v) is 7.10. The minimum atomic E-state index is -0.459. The minimum Gasteiger partial charge on any atom is -0.488 e. The molecule has 3 aromatic carbocycles. The van der Waals surface area contributed by atoms with Gasteiger partial charge in [0.2, 0.25) is 0 Å². The quantitative estimate of drug-likeness (QED) is 0.249. The van der Waals surface area contributed by atoms with Gasteiger partial charge in [-0.05, 0) is 93.9 Å². The smallest absolute Gasteiger partial charge is 0.285 e. The Bertz CT molecular complexity index is 1300. The zero-order valence-corrected chi connectivity index (χ0v) is 22.0. The highest BCUT2D eigenvalue weighted by atomic mass is 79.9. The number of hydrogen-bond donors (Lipinski definition) is 1. The molecule has 5 nitrogen and oxygen atoms in total. The van der Waals surface area contributed by atoms with E-state index in [0.29, 0.717) is 32.9 Å². The van der Waals surface area contributed by atoms with Gasteiger partial charge < -0.3 is 4.74 Å². The Hall–Kier alpha value is -2.36. The van der Waals surface area contributed by atoms with Crippen LogP contribution in [-0.4, -0.2) is 21.1 Å². The van der Waals surface area contributed by atoms with Crippen LogP contribution < -0.4 is 10.2 Å². The summed E-state index contributed by atoms with van der Waals surface area (Å²) < 4.78 is 6.84. The van der Waals surface area contributed by atoms with Crippen LogP contribution in [0.2, 0.25) is 10.0 Å². The SMILES string of the molecule is O=C(NN1C(=O)/C(=C\c2ccc(OCc3ccc(Cl)cc3)c(Br)c2)SC1=S)c1ccc(Cl)cc1. The normalized spacial score (nSPS) is 14.6. The van der Waals surface area contributed by atoms with Crippen LogP contribution in [0.4, 0.5) is 0 Å². The lowest BCUT2D eigenvalue weighted by Crippen LogP contribution is -2.44. The summed E-state index contributed by atoms with van der Waals surface area (Å²) in [5.74, 6) is -0.203. The number of amides is 2. The first-order valence-electron chi connectivity index (χ1n) is 9.81. The highest BCUT2D eigenvalue weighted by molar-refractivity contribution is 9.10. The molecule has 34 heavy (non-hydrogen) atoms. The molecule has 0 unspecified atom stereocenters. The molecule has 0 aromatic heterocycles. The Labute approximate surface area is 224 Å². The molecule has 3 aromatic rings. The molecular weight excluding hydrogens is 579 g/mol. The molecular formula is C24H15BrCl2N2O3S2. The number of benzene rings is 3. The first-order valence-corrected chi connectivity index (χ1v) is 12.6. The Balaban J connectivity index is 1.43. The Kier molecular flexibility index (Phi) is 7.95. The molecule has 172 valence electrons. The van der Waals surface area contributed by atoms with Gasteiger partial charge in [0, 0.05) is 15.6 Å². The molecule has 0 bridgehead atoms. The molecule has 1 aliphatic heterocycles. The summed E-state index contributed by atoms with van der Waals surface area (Å²) >= 11 is 21.7. The van der Waals surface area contributed by atoms with Crippen LogP contribution in [0.3, 0.4) is 0 Å². The highest BCUT2D eigenvalue weighted by Gasteiger charge is 2.33. The van der Waals surface area contributed by atoms with Gasteiger partial charge in [0.05, 0.1) is 9.38 Å². The van der Waals surface area contributed by atoms with Crippen LogP contribution in [0, 0.1) is 0 Å². The van der Waals surface area contributed by atoms with Crippen molar-refractivity contribution in [2.75, 3.05) is 0 Å². The number of hydrogen-bond acceptors (Lipinski definition) is 5. The molecule has 0 aliphatic carbocycles. The lowest BCUT2D eigenvalue weighted by molar-refractivity contribution is -0.123. The van der Waals surface area contributed by atoms with Crippen molar-refractivity contribution in [1.29, 1.82) is 0 Å². The maximum atomic E-state index is 12.8. The number of thioether (sulfide) groups is 1. The molecule has 1 saturated heterocycles. The summed E-state index contributed by atoms with van der Waals surface area (Å²) in [6, 6.07) is 19.3. The maximum Gasteiger partial charge on any atom is 0.285 e. The van der Waals surface area contributed by atoms with Crippen molar-refractivity contribution in [3.8, 4) is 5.75 Å². The predicted octanol–water partition coefficient (Wildman–Crippen LogP) is 6.88. The number of rotatable bonds is 6. The molecule has 0 radical (unpaired) electrons. The molecule has 1 fully saturated rings. The number of ether oxygens (including phenoxy) is 1. The van der Waals surface area contributed by atoms with Crippen molar-refractivity contribution in [2.24, 2.45) is 0 Å². The summed E-state index contributed by atoms with van der Waals surface area (Å²) in [5.41, 5.74) is 4.67. The van der Waals surface area contributed by atoms with Gasteiger partial charge >= 0.3 is 0 Å². The lowest BCUT2D eigenvalue weighted by atomic mass is 10.2. The summed E-state index contributed by atoms with van der Waals surface area (Å²) in [4.78, 5) is 25.7. The first kappa shape index (κ1) is 24.8. The zero-order valence-electron chi connectivity index (χ0n) is 17.3. The van der Waals surface area contributed by atoms with Crippen LogP contribution in [0.5, 0.6) is 5.75 Å². The fourth-order valence-corrected chi connectivity index (χ4v) is 4.89. The van der Waals surface area contributed by atoms with Crippen molar-refractivity contribution in [1.82, 2.24) is 10.4 Å². The van der Waals surface area contributed by atoms with E-state index in [-0.39, 0.29) is 4.32 Å². The van der Waals surface area contributed by atoms with E-state index >= 15 is 0 Å². The average molecular weight is 594 g/mol. The lowest BCUT2D eigenvalue weighted by Gasteiger charge is -2.15. The summed E-state index contributed by atoms with van der Waals surface area (Å²) in [5, 5.41) is 2.25. The second-order valence-electron chi connectivity index (χ2n) is 7.07. The van der Waals surface area contributed by atoms with Gasteiger partial charge in [0.1, 0.15) is 12.4 Å². The van der Waals surface area contributed by atoms with Gasteiger partial charge in [-0.1, -0.05) is 53.2 Å². The predicted molar refractivity (Wildman–Crippen MR) is 144 cm³/mol. The Morgan fingerprint density at radius 2 is 1.71 bits per heavy atom. The molecule has 0 saturated carbocycles. The van der Waals surface area contributed by atoms with Crippen LogP contribution in [0.15, 0.2) is 76.1 Å². The highest BCUT2D eigenvalue weighted by Crippen LogP contribution is 2.33. The third-order valence-electron chi connectivity index (χ3n) is 4.67. The number of nitrogens with one attached hydrogen (secondary N) is 1. The molecule has 1 aliphatic rings. The van der Waals surface area contributed by atoms with Crippen molar-refractivity contribution in [3.63, 3.8) is 0 Å². The van der Waals surface area contributed by atoms with Gasteiger partial charge in [0.25, 0.3) is 11.8 Å². The molecule has 10 heteroatoms. The van der Waals surface area contributed by atoms with Crippen LogP contribution >= 0.6 is 63.1 Å². The van der Waals surface area contributed by atoms with Crippen molar-refractivity contribution in [3.05, 3.63) is 103 Å². The number of halogens is 3. The van der Waals surface area contributed by atoms with E-state index in [4.69, 9.17) is 40.2 Å². The first-order chi connectivity index (χ1) is 16.3. The van der Waals surface area contributed by atoms with Crippen LogP contribution in [0.25, 0.3) is 6.08 Å². The monoisotopic (exact) mass is 592 g/mol. The van der Waals surface area contributed by atoms with E-state index in [1.807, 2.05) is 42.5 Å². The van der Waals surface area contributed by atoms with E-state index in [0.717, 1.165) is 32.4 Å². The standard InChI is InChI=1S/C24H15BrCl2N2O3S2/c25-19-11-15(3-10-20(19)32-13-14-1-6-17(26)7-2-14)12-21-23(31)29(24(33)34-21)28-22(30)16-4-8-18(27)9-5-16/h1-12H,13H2,(H,28,30)/b21-12+. The molecule has 4 rings (SSSR count). The fraction of sp³-hybridized carbons (Fsp3) is 0.0417. The van der Waals surface area contributed by atoms with Gasteiger partial charge in [-0.2, -0.15) is 5.01 Å². The van der Waals surface area contributed by atoms with E-state index in [1.165, 1.54) is 0 Å². The largest absolute Gasteiger partial charge is 0.488 e. The fourth-order valence-electron chi connectivity index (χ4n) is 2.95. The van der Waals surface area contributed by atoms with E-state index in [2.05, 4.69) is 21.4 Å². The van der Waals surface area contributed by atoms with E-state index in [9.17, 15) is 9.59 Å². The van der Waals surface area contributed by atoms with Crippen molar-refractivity contribution >= 4 is 85.3 Å². The Morgan fingerprint density at radius 3 is 2.35 bits per heavy atom. The molecule has 1 N–H and O–H groups in total. The Morgan fingerprint density at radius 1 is 1.06 bits per heavy atom.